The first-order chi connectivity index (χ1) is 16.6. The number of hydrogen-bond donors (Lipinski definition) is 0. The van der Waals surface area contributed by atoms with Crippen molar-refractivity contribution in [3.05, 3.63) is 16.6 Å². The zero-order valence-corrected chi connectivity index (χ0v) is 22.3. The molecule has 2 saturated heterocycles. The van der Waals surface area contributed by atoms with Crippen molar-refractivity contribution in [3.63, 3.8) is 0 Å². The van der Waals surface area contributed by atoms with Crippen molar-refractivity contribution >= 4 is 5.97 Å². The Balaban J connectivity index is 1.25. The number of allylic oxidation sites excluding steroid dienone is 1. The van der Waals surface area contributed by atoms with Crippen molar-refractivity contribution in [1.82, 2.24) is 5.01 Å². The van der Waals surface area contributed by atoms with E-state index >= 15 is 0 Å². The van der Waals surface area contributed by atoms with Gasteiger partial charge >= 0.3 is 5.97 Å². The highest BCUT2D eigenvalue weighted by molar-refractivity contribution is 5.66. The zero-order valence-electron chi connectivity index (χ0n) is 22.3. The number of esters is 1. The Bertz CT molecular complexity index is 936. The SMILES string of the molecule is CC(=O)O[C@@H]1CC[C@@]2(C)C(=CC[C@@H]3[C@@H]4C[C@@H]5O[C@]6(CC[C@H](C)CN6N=O)[C@H](C)[C@@H]5[C@@]4(C)CC[C@@H]32)C1. The third-order valence-corrected chi connectivity index (χ3v) is 12.1. The van der Waals surface area contributed by atoms with Crippen LogP contribution in [0.1, 0.15) is 92.4 Å². The largest absolute Gasteiger partial charge is 0.462 e. The molecule has 0 bridgehead atoms. The summed E-state index contributed by atoms with van der Waals surface area (Å²) >= 11 is 0. The van der Waals surface area contributed by atoms with Crippen LogP contribution in [0.4, 0.5) is 0 Å². The lowest BCUT2D eigenvalue weighted by Gasteiger charge is -2.58. The molecule has 6 nitrogen and oxygen atoms in total. The van der Waals surface area contributed by atoms with Gasteiger partial charge < -0.3 is 9.47 Å². The number of carbonyl (C=O) groups excluding carboxylic acids is 1. The number of rotatable bonds is 2. The number of nitrogens with zero attached hydrogens (tertiary/aromatic N) is 2. The van der Waals surface area contributed by atoms with Gasteiger partial charge in [-0.25, -0.2) is 5.01 Å². The number of ether oxygens (including phenoxy) is 2. The molecule has 0 radical (unpaired) electrons. The van der Waals surface area contributed by atoms with Gasteiger partial charge in [-0.2, -0.15) is 0 Å². The van der Waals surface area contributed by atoms with Gasteiger partial charge in [-0.05, 0) is 91.8 Å². The first kappa shape index (κ1) is 23.9. The van der Waals surface area contributed by atoms with Gasteiger partial charge in [0, 0.05) is 25.8 Å². The number of hydrogen-bond acceptors (Lipinski definition) is 5. The normalized spacial score (nSPS) is 52.7. The van der Waals surface area contributed by atoms with Crippen LogP contribution >= 0.6 is 0 Å². The van der Waals surface area contributed by atoms with Crippen LogP contribution in [0.25, 0.3) is 0 Å². The van der Waals surface area contributed by atoms with Crippen molar-refractivity contribution in [3.8, 4) is 0 Å². The zero-order chi connectivity index (χ0) is 24.8. The minimum Gasteiger partial charge on any atom is -0.462 e. The van der Waals surface area contributed by atoms with E-state index in [1.54, 1.807) is 10.6 Å². The van der Waals surface area contributed by atoms with Crippen LogP contribution in [0.5, 0.6) is 0 Å². The monoisotopic (exact) mass is 484 g/mol. The van der Waals surface area contributed by atoms with E-state index in [1.165, 1.54) is 19.8 Å². The van der Waals surface area contributed by atoms with Gasteiger partial charge in [0.1, 0.15) is 6.10 Å². The third-order valence-electron chi connectivity index (χ3n) is 12.1. The highest BCUT2D eigenvalue weighted by atomic mass is 16.5. The topological polar surface area (TPSA) is 68.2 Å². The number of nitroso groups, excluding NO2 is 1. The summed E-state index contributed by atoms with van der Waals surface area (Å²) in [5, 5.41) is 5.28. The molecule has 0 N–H and O–H groups in total. The van der Waals surface area contributed by atoms with E-state index in [4.69, 9.17) is 9.47 Å². The maximum atomic E-state index is 11.9. The average molecular weight is 485 g/mol. The van der Waals surface area contributed by atoms with Gasteiger partial charge in [0.25, 0.3) is 0 Å². The quantitative estimate of drug-likeness (QED) is 0.263. The molecule has 2 aliphatic heterocycles. The van der Waals surface area contributed by atoms with Crippen molar-refractivity contribution in [2.75, 3.05) is 6.54 Å². The maximum Gasteiger partial charge on any atom is 0.302 e. The third kappa shape index (κ3) is 3.26. The molecule has 6 heteroatoms. The number of fused-ring (bicyclic) bond motifs is 7. The lowest BCUT2D eigenvalue weighted by molar-refractivity contribution is -0.196. The Morgan fingerprint density at radius 3 is 2.69 bits per heavy atom. The minimum absolute atomic E-state index is 0.0566. The Kier molecular flexibility index (Phi) is 5.49. The fraction of sp³-hybridized carbons (Fsp3) is 0.897. The summed E-state index contributed by atoms with van der Waals surface area (Å²) in [6.45, 7) is 11.9. The minimum atomic E-state index is -0.491. The molecule has 6 aliphatic rings. The summed E-state index contributed by atoms with van der Waals surface area (Å²) < 4.78 is 12.6. The molecule has 194 valence electrons. The Hall–Kier alpha value is -1.43. The second kappa shape index (κ2) is 8.03. The second-order valence-electron chi connectivity index (χ2n) is 13.6. The summed E-state index contributed by atoms with van der Waals surface area (Å²) in [5.41, 5.74) is 1.56. The molecule has 11 atom stereocenters. The number of carbonyl (C=O) groups is 1. The van der Waals surface area contributed by atoms with Crippen molar-refractivity contribution < 1.29 is 14.3 Å². The predicted octanol–water partition coefficient (Wildman–Crippen LogP) is 6.25. The van der Waals surface area contributed by atoms with Crippen LogP contribution in [0.15, 0.2) is 16.9 Å². The molecule has 6 rings (SSSR count). The van der Waals surface area contributed by atoms with E-state index < -0.39 is 5.72 Å². The van der Waals surface area contributed by atoms with Gasteiger partial charge in [-0.1, -0.05) is 39.3 Å². The molecule has 4 aliphatic carbocycles. The number of piperidine rings is 1. The fourth-order valence-electron chi connectivity index (χ4n) is 10.5. The molecule has 1 spiro atoms. The highest BCUT2D eigenvalue weighted by Gasteiger charge is 2.69. The molecule has 0 aromatic carbocycles. The summed E-state index contributed by atoms with van der Waals surface area (Å²) in [6.07, 6.45) is 12.7. The molecule has 0 amide bonds. The summed E-state index contributed by atoms with van der Waals surface area (Å²) in [6, 6.07) is 0. The van der Waals surface area contributed by atoms with Crippen molar-refractivity contribution in [2.45, 2.75) is 110 Å². The van der Waals surface area contributed by atoms with Crippen LogP contribution in [0.3, 0.4) is 0 Å². The first-order valence-electron chi connectivity index (χ1n) is 14.3. The molecule has 0 aromatic rings. The second-order valence-corrected chi connectivity index (χ2v) is 13.6. The Morgan fingerprint density at radius 2 is 1.94 bits per heavy atom. The molecule has 2 heterocycles. The van der Waals surface area contributed by atoms with Gasteiger partial charge in [-0.15, -0.1) is 4.91 Å². The average Bonchev–Trinajstić information content (AvgIpc) is 3.26. The van der Waals surface area contributed by atoms with E-state index in [0.717, 1.165) is 51.5 Å². The molecule has 5 fully saturated rings. The molecule has 0 aromatic heterocycles. The highest BCUT2D eigenvalue weighted by Crippen LogP contribution is 2.70. The van der Waals surface area contributed by atoms with Gasteiger partial charge in [-0.3, -0.25) is 4.79 Å². The van der Waals surface area contributed by atoms with Crippen LogP contribution < -0.4 is 0 Å². The maximum absolute atomic E-state index is 11.9. The van der Waals surface area contributed by atoms with Crippen LogP contribution in [0.2, 0.25) is 0 Å². The van der Waals surface area contributed by atoms with E-state index in [1.807, 2.05) is 0 Å². The first-order valence-corrected chi connectivity index (χ1v) is 14.3. The van der Waals surface area contributed by atoms with E-state index in [9.17, 15) is 9.70 Å². The van der Waals surface area contributed by atoms with Crippen LogP contribution in [-0.4, -0.2) is 35.5 Å². The fourth-order valence-corrected chi connectivity index (χ4v) is 10.5. The summed E-state index contributed by atoms with van der Waals surface area (Å²) in [7, 11) is 0. The Morgan fingerprint density at radius 1 is 1.14 bits per heavy atom. The van der Waals surface area contributed by atoms with Crippen molar-refractivity contribution in [2.24, 2.45) is 51.6 Å². The van der Waals surface area contributed by atoms with Crippen LogP contribution in [-0.2, 0) is 14.3 Å². The van der Waals surface area contributed by atoms with Crippen LogP contribution in [0, 0.1) is 51.2 Å². The standard InChI is InChI=1S/C29H44N2O4/c1-17-8-13-29(31(16-17)30-33)18(2)26-25(35-29)15-24-22-7-6-20-14-21(34-19(3)32)9-11-27(20,4)23(22)10-12-28(24,26)5/h6,17-18,21-26H,7-16H2,1-5H3/t17-,18+,21+,22-,23-,24-,25-,26-,27-,28-,29+/m0/s1. The molecule has 3 saturated carbocycles. The lowest BCUT2D eigenvalue weighted by Crippen LogP contribution is -2.57. The lowest BCUT2D eigenvalue weighted by atomic mass is 9.46. The van der Waals surface area contributed by atoms with Gasteiger partial charge in [0.2, 0.25) is 0 Å². The predicted molar refractivity (Wildman–Crippen MR) is 134 cm³/mol. The summed E-state index contributed by atoms with van der Waals surface area (Å²) in [4.78, 5) is 23.4. The van der Waals surface area contributed by atoms with Gasteiger partial charge in [0.05, 0.1) is 11.4 Å². The molecular weight excluding hydrogens is 440 g/mol. The Labute approximate surface area is 210 Å². The van der Waals surface area contributed by atoms with Gasteiger partial charge in [0.15, 0.2) is 5.72 Å². The molecule has 0 unspecified atom stereocenters. The summed E-state index contributed by atoms with van der Waals surface area (Å²) in [5.74, 6) is 3.27. The van der Waals surface area contributed by atoms with E-state index in [2.05, 4.69) is 39.1 Å². The molecular formula is C29H44N2O4. The van der Waals surface area contributed by atoms with Crippen molar-refractivity contribution in [1.29, 1.82) is 0 Å². The molecule has 35 heavy (non-hydrogen) atoms. The van der Waals surface area contributed by atoms with E-state index in [-0.39, 0.29) is 29.0 Å². The van der Waals surface area contributed by atoms with E-state index in [0.29, 0.717) is 35.5 Å². The smallest absolute Gasteiger partial charge is 0.302 e.